The van der Waals surface area contributed by atoms with Crippen molar-refractivity contribution in [1.29, 1.82) is 0 Å². The van der Waals surface area contributed by atoms with E-state index in [-0.39, 0.29) is 53.8 Å². The number of esters is 1. The van der Waals surface area contributed by atoms with Gasteiger partial charge in [-0.15, -0.1) is 0 Å². The maximum atomic E-state index is 12.7. The molecule has 4 heterocycles. The molecule has 0 amide bonds. The standard InChI is InChI=1S/C54H58N4O7/c1-5-57-43-11-7-6-9-31(43)13-15-37-33-21-22-54(26-33)27-34-23-36(60)25-46(62-4)48(34)40-18-17-39-42(29-63-30(2)59)52(65-53(39)50(40)54)49-32(10-8-12-44-38(37)19-20-47(55)58-44)24-45(61)51-41(49)16-14-35(56-3)28-64-51/h6-7,9,11,14,16-20,23-25,33,35,37,42,47,52,56-58,60-61H,5,10,13,15,21-22,26-29,55H2,1-4H3. The van der Waals surface area contributed by atoms with Crippen LogP contribution < -0.4 is 35.9 Å². The number of phenolic OH excluding ortho intramolecular Hbond substituents is 2. The molecule has 4 aromatic rings. The number of nitrogens with one attached hydrogen (secondary N) is 3. The fourth-order valence-electron chi connectivity index (χ4n) is 11.8. The van der Waals surface area contributed by atoms with Gasteiger partial charge in [0.1, 0.15) is 36.6 Å². The highest BCUT2D eigenvalue weighted by atomic mass is 16.5. The van der Waals surface area contributed by atoms with Crippen molar-refractivity contribution in [2.45, 2.75) is 88.4 Å². The van der Waals surface area contributed by atoms with Gasteiger partial charge in [0.25, 0.3) is 0 Å². The van der Waals surface area contributed by atoms with Gasteiger partial charge in [-0.3, -0.25) is 4.79 Å². The van der Waals surface area contributed by atoms with Gasteiger partial charge in [0.2, 0.25) is 0 Å². The molecule has 7 atom stereocenters. The molecular weight excluding hydrogens is 817 g/mol. The SMILES string of the molecule is CCNc1ccccc1CCC1C2=C(C#CCc3cc(O)c4c(c3C3Oc5c(ccc6c5C5(CCC1C5)Cc1cc(O)cc(OC)c1-6)C3COC(C)=O)C=CC(NC)CO4)NC(N)C=C2. The molecule has 11 nitrogen and oxygen atoms in total. The van der Waals surface area contributed by atoms with Crippen molar-refractivity contribution in [1.82, 2.24) is 10.6 Å². The molecule has 7 N–H and O–H groups in total. The summed E-state index contributed by atoms with van der Waals surface area (Å²) in [5, 5.41) is 33.3. The molecule has 2 aliphatic carbocycles. The van der Waals surface area contributed by atoms with Crippen molar-refractivity contribution in [3.05, 3.63) is 123 Å². The molecule has 10 rings (SSSR count). The van der Waals surface area contributed by atoms with E-state index in [9.17, 15) is 15.0 Å². The van der Waals surface area contributed by atoms with Crippen LogP contribution in [0.25, 0.3) is 17.2 Å². The van der Waals surface area contributed by atoms with Crippen LogP contribution in [0.3, 0.4) is 0 Å². The first-order chi connectivity index (χ1) is 31.6. The van der Waals surface area contributed by atoms with Crippen LogP contribution in [0.4, 0.5) is 5.69 Å². The van der Waals surface area contributed by atoms with E-state index >= 15 is 0 Å². The van der Waals surface area contributed by atoms with E-state index in [1.54, 1.807) is 19.2 Å². The molecule has 0 saturated heterocycles. The third kappa shape index (κ3) is 7.56. The highest BCUT2D eigenvalue weighted by Gasteiger charge is 2.52. The monoisotopic (exact) mass is 874 g/mol. The zero-order chi connectivity index (χ0) is 45.0. The van der Waals surface area contributed by atoms with Crippen LogP contribution in [-0.2, 0) is 34.2 Å². The Balaban J connectivity index is 1.23. The van der Waals surface area contributed by atoms with Crippen LogP contribution in [0.5, 0.6) is 28.7 Å². The molecule has 0 aromatic heterocycles. The van der Waals surface area contributed by atoms with E-state index in [2.05, 4.69) is 83.3 Å². The average molecular weight is 875 g/mol. The summed E-state index contributed by atoms with van der Waals surface area (Å²) in [6.07, 6.45) is 12.7. The summed E-state index contributed by atoms with van der Waals surface area (Å²) < 4.78 is 25.9. The molecule has 6 aliphatic rings. The van der Waals surface area contributed by atoms with Gasteiger partial charge in [-0.1, -0.05) is 54.5 Å². The van der Waals surface area contributed by atoms with Gasteiger partial charge in [-0.25, -0.2) is 0 Å². The molecule has 336 valence electrons. The number of dihydropyridines is 1. The van der Waals surface area contributed by atoms with Gasteiger partial charge in [-0.2, -0.15) is 0 Å². The van der Waals surface area contributed by atoms with Crippen molar-refractivity contribution in [2.24, 2.45) is 17.6 Å². The molecule has 11 heteroatoms. The predicted octanol–water partition coefficient (Wildman–Crippen LogP) is 8.08. The fourth-order valence-corrected chi connectivity index (χ4v) is 11.8. The topological polar surface area (TPSA) is 157 Å². The number of anilines is 1. The zero-order valence-electron chi connectivity index (χ0n) is 37.6. The number of phenols is 2. The minimum absolute atomic E-state index is 0.0195. The molecule has 1 saturated carbocycles. The Bertz CT molecular complexity index is 2730. The number of nitrogens with two attached hydrogens (primary N) is 1. The van der Waals surface area contributed by atoms with Gasteiger partial charge >= 0.3 is 5.97 Å². The number of likely N-dealkylation sites (N-methyl/N-ethyl adjacent to an activating group) is 1. The number of aryl methyl sites for hydroxylation is 1. The Morgan fingerprint density at radius 3 is 2.74 bits per heavy atom. The first-order valence-corrected chi connectivity index (χ1v) is 23.1. The smallest absolute Gasteiger partial charge is 0.302 e. The molecule has 65 heavy (non-hydrogen) atoms. The number of hydrogen-bond donors (Lipinski definition) is 6. The Labute approximate surface area is 381 Å². The molecule has 4 aromatic carbocycles. The quantitative estimate of drug-likeness (QED) is 0.0714. The minimum Gasteiger partial charge on any atom is -0.508 e. The van der Waals surface area contributed by atoms with Crippen molar-refractivity contribution in [2.75, 3.05) is 39.2 Å². The van der Waals surface area contributed by atoms with Crippen molar-refractivity contribution >= 4 is 17.7 Å². The van der Waals surface area contributed by atoms with Crippen LogP contribution in [0, 0.1) is 23.7 Å². The molecule has 4 bridgehead atoms. The predicted molar refractivity (Wildman–Crippen MR) is 252 cm³/mol. The Kier molecular flexibility index (Phi) is 11.3. The summed E-state index contributed by atoms with van der Waals surface area (Å²) in [7, 11) is 3.53. The Hall–Kier alpha value is -6.35. The van der Waals surface area contributed by atoms with E-state index in [1.807, 2.05) is 25.3 Å². The fraction of sp³-hybridized carbons (Fsp3) is 0.389. The van der Waals surface area contributed by atoms with Crippen LogP contribution >= 0.6 is 0 Å². The van der Waals surface area contributed by atoms with Crippen molar-refractivity contribution < 1.29 is 34.0 Å². The number of ether oxygens (including phenoxy) is 4. The normalized spacial score (nSPS) is 25.4. The molecule has 7 unspecified atom stereocenters. The molecule has 0 radical (unpaired) electrons. The third-order valence-electron chi connectivity index (χ3n) is 14.7. The summed E-state index contributed by atoms with van der Waals surface area (Å²) in [6.45, 7) is 4.80. The number of rotatable bonds is 9. The number of para-hydroxylation sites is 1. The molecule has 1 fully saturated rings. The second kappa shape index (κ2) is 17.2. The maximum absolute atomic E-state index is 12.7. The lowest BCUT2D eigenvalue weighted by Crippen LogP contribution is -2.38. The first-order valence-electron chi connectivity index (χ1n) is 23.1. The lowest BCUT2D eigenvalue weighted by molar-refractivity contribution is -0.141. The minimum atomic E-state index is -0.632. The van der Waals surface area contributed by atoms with Crippen molar-refractivity contribution in [3.8, 4) is 51.7 Å². The number of methoxy groups -OCH3 is 1. The van der Waals surface area contributed by atoms with E-state index < -0.39 is 18.2 Å². The molecule has 1 spiro atoms. The summed E-state index contributed by atoms with van der Waals surface area (Å²) in [6, 6.07) is 18.2. The van der Waals surface area contributed by atoms with Gasteiger partial charge in [0.15, 0.2) is 11.5 Å². The van der Waals surface area contributed by atoms with Crippen LogP contribution in [0.1, 0.15) is 90.5 Å². The summed E-state index contributed by atoms with van der Waals surface area (Å²) in [5.74, 6) is 8.66. The number of carbonyl (C=O) groups excluding carboxylic acids is 1. The second-order valence-corrected chi connectivity index (χ2v) is 18.4. The number of aromatic hydroxyl groups is 2. The highest BCUT2D eigenvalue weighted by molar-refractivity contribution is 5.84. The third-order valence-corrected chi connectivity index (χ3v) is 14.7. The molecule has 4 aliphatic heterocycles. The number of carbonyl (C=O) groups is 1. The van der Waals surface area contributed by atoms with Crippen LogP contribution in [-0.4, -0.2) is 62.3 Å². The van der Waals surface area contributed by atoms with Crippen LogP contribution in [0.2, 0.25) is 0 Å². The zero-order valence-corrected chi connectivity index (χ0v) is 37.6. The number of fused-ring (bicyclic) bond motifs is 8. The van der Waals surface area contributed by atoms with Crippen molar-refractivity contribution in [3.63, 3.8) is 0 Å². The second-order valence-electron chi connectivity index (χ2n) is 18.4. The van der Waals surface area contributed by atoms with E-state index in [4.69, 9.17) is 24.7 Å². The summed E-state index contributed by atoms with van der Waals surface area (Å²) in [5.41, 5.74) is 18.1. The van der Waals surface area contributed by atoms with Gasteiger partial charge in [0, 0.05) is 64.9 Å². The van der Waals surface area contributed by atoms with E-state index in [1.165, 1.54) is 12.5 Å². The lowest BCUT2D eigenvalue weighted by atomic mass is 9.64. The largest absolute Gasteiger partial charge is 0.508 e. The van der Waals surface area contributed by atoms with Gasteiger partial charge in [0.05, 0.1) is 30.9 Å². The van der Waals surface area contributed by atoms with E-state index in [0.29, 0.717) is 30.1 Å². The molecular formula is C54H58N4O7. The highest BCUT2D eigenvalue weighted by Crippen LogP contribution is 2.64. The number of benzene rings is 4. The number of allylic oxidation sites excluding steroid dienone is 3. The Morgan fingerprint density at radius 2 is 1.92 bits per heavy atom. The average Bonchev–Trinajstić information content (AvgIpc) is 3.79. The maximum Gasteiger partial charge on any atom is 0.302 e. The first kappa shape index (κ1) is 42.6. The van der Waals surface area contributed by atoms with E-state index in [0.717, 1.165) is 100 Å². The lowest BCUT2D eigenvalue weighted by Gasteiger charge is -2.40. The van der Waals surface area contributed by atoms with Crippen LogP contribution in [0.15, 0.2) is 84.1 Å². The van der Waals surface area contributed by atoms with Gasteiger partial charge < -0.3 is 50.8 Å². The van der Waals surface area contributed by atoms with Gasteiger partial charge in [-0.05, 0) is 122 Å². The number of hydrogen-bond acceptors (Lipinski definition) is 11. The Morgan fingerprint density at radius 1 is 1.06 bits per heavy atom. The summed E-state index contributed by atoms with van der Waals surface area (Å²) >= 11 is 0. The summed E-state index contributed by atoms with van der Waals surface area (Å²) in [4.78, 5) is 12.7.